The van der Waals surface area contributed by atoms with Crippen molar-refractivity contribution in [1.29, 1.82) is 0 Å². The van der Waals surface area contributed by atoms with E-state index in [-0.39, 0.29) is 11.6 Å². The predicted octanol–water partition coefficient (Wildman–Crippen LogP) is 4.55. The molecule has 0 unspecified atom stereocenters. The zero-order valence-corrected chi connectivity index (χ0v) is 12.4. The Morgan fingerprint density at radius 2 is 1.95 bits per heavy atom. The third-order valence-corrected chi connectivity index (χ3v) is 4.05. The van der Waals surface area contributed by atoms with Crippen molar-refractivity contribution in [2.75, 3.05) is 7.11 Å². The second-order valence-corrected chi connectivity index (χ2v) is 5.58. The second kappa shape index (κ2) is 6.06. The van der Waals surface area contributed by atoms with Crippen LogP contribution in [0.1, 0.15) is 10.6 Å². The second-order valence-electron chi connectivity index (χ2n) is 4.64. The first kappa shape index (κ1) is 13.8. The summed E-state index contributed by atoms with van der Waals surface area (Å²) < 4.78 is 18.7. The van der Waals surface area contributed by atoms with Crippen molar-refractivity contribution in [3.05, 3.63) is 70.3 Å². The molecular weight excluding hydrogens is 285 g/mol. The van der Waals surface area contributed by atoms with Crippen LogP contribution in [0.4, 0.5) is 4.39 Å². The normalized spacial score (nSPS) is 10.6. The number of hydrogen-bond acceptors (Lipinski definition) is 3. The lowest BCUT2D eigenvalue weighted by atomic mass is 10.1. The van der Waals surface area contributed by atoms with Crippen LogP contribution in [0.2, 0.25) is 0 Å². The van der Waals surface area contributed by atoms with E-state index in [1.807, 2.05) is 29.6 Å². The van der Waals surface area contributed by atoms with Crippen LogP contribution in [-0.4, -0.2) is 12.1 Å². The van der Waals surface area contributed by atoms with E-state index in [0.717, 1.165) is 22.7 Å². The van der Waals surface area contributed by atoms with E-state index < -0.39 is 0 Å². The summed E-state index contributed by atoms with van der Waals surface area (Å²) in [7, 11) is 1.46. The van der Waals surface area contributed by atoms with Crippen molar-refractivity contribution in [2.45, 2.75) is 6.42 Å². The number of benzene rings is 2. The number of ether oxygens (including phenoxy) is 1. The first-order valence-corrected chi connectivity index (χ1v) is 7.46. The minimum absolute atomic E-state index is 0.249. The molecular formula is C17H14FNOS. The molecule has 3 aromatic rings. The highest BCUT2D eigenvalue weighted by Crippen LogP contribution is 2.27. The van der Waals surface area contributed by atoms with Crippen molar-refractivity contribution >= 4 is 11.3 Å². The molecule has 0 aliphatic rings. The van der Waals surface area contributed by atoms with Gasteiger partial charge in [0.05, 0.1) is 17.8 Å². The molecule has 4 heteroatoms. The van der Waals surface area contributed by atoms with Gasteiger partial charge in [-0.25, -0.2) is 9.37 Å². The smallest absolute Gasteiger partial charge is 0.165 e. The minimum atomic E-state index is -0.368. The zero-order valence-electron chi connectivity index (χ0n) is 11.5. The molecule has 0 aliphatic carbocycles. The van der Waals surface area contributed by atoms with Gasteiger partial charge in [-0.15, -0.1) is 11.3 Å². The van der Waals surface area contributed by atoms with E-state index in [1.165, 1.54) is 18.7 Å². The molecule has 3 rings (SSSR count). The molecule has 0 spiro atoms. The van der Waals surface area contributed by atoms with Gasteiger partial charge in [-0.3, -0.25) is 0 Å². The average molecular weight is 299 g/mol. The number of halogens is 1. The summed E-state index contributed by atoms with van der Waals surface area (Å²) in [4.78, 5) is 4.58. The third kappa shape index (κ3) is 3.11. The molecule has 0 aliphatic heterocycles. The van der Waals surface area contributed by atoms with Gasteiger partial charge >= 0.3 is 0 Å². The molecule has 0 atom stereocenters. The van der Waals surface area contributed by atoms with E-state index in [9.17, 15) is 4.39 Å². The Kier molecular flexibility index (Phi) is 3.97. The molecule has 0 saturated heterocycles. The molecule has 0 amide bonds. The van der Waals surface area contributed by atoms with Crippen LogP contribution >= 0.6 is 11.3 Å². The fourth-order valence-electron chi connectivity index (χ4n) is 2.12. The van der Waals surface area contributed by atoms with Gasteiger partial charge in [0, 0.05) is 17.4 Å². The Bertz CT molecular complexity index is 740. The van der Waals surface area contributed by atoms with Crippen LogP contribution < -0.4 is 4.74 Å². The highest BCUT2D eigenvalue weighted by molar-refractivity contribution is 7.10. The number of rotatable bonds is 4. The highest BCUT2D eigenvalue weighted by atomic mass is 32.1. The van der Waals surface area contributed by atoms with E-state index >= 15 is 0 Å². The fourth-order valence-corrected chi connectivity index (χ4v) is 2.96. The van der Waals surface area contributed by atoms with Crippen LogP contribution in [0.15, 0.2) is 53.9 Å². The third-order valence-electron chi connectivity index (χ3n) is 3.20. The molecule has 106 valence electrons. The number of thiazole rings is 1. The molecule has 0 N–H and O–H groups in total. The van der Waals surface area contributed by atoms with Gasteiger partial charge < -0.3 is 4.74 Å². The van der Waals surface area contributed by atoms with Crippen molar-refractivity contribution in [3.63, 3.8) is 0 Å². The van der Waals surface area contributed by atoms with Gasteiger partial charge in [0.15, 0.2) is 11.6 Å². The first-order valence-electron chi connectivity index (χ1n) is 6.58. The lowest BCUT2D eigenvalue weighted by Gasteiger charge is -2.03. The van der Waals surface area contributed by atoms with Crippen molar-refractivity contribution in [2.24, 2.45) is 0 Å². The molecule has 0 radical (unpaired) electrons. The number of hydrogen-bond donors (Lipinski definition) is 0. The van der Waals surface area contributed by atoms with Crippen LogP contribution in [-0.2, 0) is 6.42 Å². The lowest BCUT2D eigenvalue weighted by Crippen LogP contribution is -1.90. The molecule has 0 fully saturated rings. The average Bonchev–Trinajstić information content (AvgIpc) is 2.97. The molecule has 0 saturated carbocycles. The Balaban J connectivity index is 1.83. The van der Waals surface area contributed by atoms with Crippen molar-refractivity contribution < 1.29 is 9.13 Å². The van der Waals surface area contributed by atoms with Crippen LogP contribution in [0, 0.1) is 5.82 Å². The molecule has 2 aromatic carbocycles. The summed E-state index contributed by atoms with van der Waals surface area (Å²) in [5.74, 6) is -0.119. The zero-order chi connectivity index (χ0) is 14.7. The minimum Gasteiger partial charge on any atom is -0.494 e. The molecule has 1 heterocycles. The van der Waals surface area contributed by atoms with E-state index in [2.05, 4.69) is 17.1 Å². The van der Waals surface area contributed by atoms with Crippen molar-refractivity contribution in [3.8, 4) is 17.0 Å². The molecule has 0 bridgehead atoms. The Morgan fingerprint density at radius 3 is 2.67 bits per heavy atom. The maximum absolute atomic E-state index is 13.7. The molecule has 21 heavy (non-hydrogen) atoms. The largest absolute Gasteiger partial charge is 0.494 e. The Morgan fingerprint density at radius 1 is 1.14 bits per heavy atom. The highest BCUT2D eigenvalue weighted by Gasteiger charge is 2.09. The first-order chi connectivity index (χ1) is 10.3. The van der Waals surface area contributed by atoms with Gasteiger partial charge in [-0.1, -0.05) is 30.3 Å². The maximum Gasteiger partial charge on any atom is 0.165 e. The van der Waals surface area contributed by atoms with E-state index in [0.29, 0.717) is 0 Å². The van der Waals surface area contributed by atoms with Gasteiger partial charge in [0.1, 0.15) is 0 Å². The predicted molar refractivity (Wildman–Crippen MR) is 83.3 cm³/mol. The van der Waals surface area contributed by atoms with E-state index in [4.69, 9.17) is 4.74 Å². The maximum atomic E-state index is 13.7. The van der Waals surface area contributed by atoms with Gasteiger partial charge in [0.2, 0.25) is 0 Å². The lowest BCUT2D eigenvalue weighted by molar-refractivity contribution is 0.386. The van der Waals surface area contributed by atoms with Crippen LogP contribution in [0.3, 0.4) is 0 Å². The van der Waals surface area contributed by atoms with Gasteiger partial charge in [0.25, 0.3) is 0 Å². The number of methoxy groups -OCH3 is 1. The quantitative estimate of drug-likeness (QED) is 0.705. The summed E-state index contributed by atoms with van der Waals surface area (Å²) in [5.41, 5.74) is 2.79. The summed E-state index contributed by atoms with van der Waals surface area (Å²) in [5, 5.41) is 2.98. The SMILES string of the molecule is COc1ccc(-c2csc(Cc3ccccc3)n2)cc1F. The molecule has 2 nitrogen and oxygen atoms in total. The summed E-state index contributed by atoms with van der Waals surface area (Å²) >= 11 is 1.59. The number of aromatic nitrogens is 1. The van der Waals surface area contributed by atoms with Crippen molar-refractivity contribution in [1.82, 2.24) is 4.98 Å². The summed E-state index contributed by atoms with van der Waals surface area (Å²) in [6, 6.07) is 15.1. The van der Waals surface area contributed by atoms with Gasteiger partial charge in [-0.05, 0) is 23.8 Å². The standard InChI is InChI=1S/C17H14FNOS/c1-20-16-8-7-13(10-14(16)18)15-11-21-17(19-15)9-12-5-3-2-4-6-12/h2-8,10-11H,9H2,1H3. The fraction of sp³-hybridized carbons (Fsp3) is 0.118. The molecule has 1 aromatic heterocycles. The Hall–Kier alpha value is -2.20. The van der Waals surface area contributed by atoms with Gasteiger partial charge in [-0.2, -0.15) is 0 Å². The number of nitrogens with zero attached hydrogens (tertiary/aromatic N) is 1. The monoisotopic (exact) mass is 299 g/mol. The van der Waals surface area contributed by atoms with Crippen LogP contribution in [0.25, 0.3) is 11.3 Å². The van der Waals surface area contributed by atoms with E-state index in [1.54, 1.807) is 17.4 Å². The van der Waals surface area contributed by atoms with Crippen LogP contribution in [0.5, 0.6) is 5.75 Å². The topological polar surface area (TPSA) is 22.1 Å². The summed E-state index contributed by atoms with van der Waals surface area (Å²) in [6.45, 7) is 0. The Labute approximate surface area is 126 Å². The summed E-state index contributed by atoms with van der Waals surface area (Å²) in [6.07, 6.45) is 0.796.